The normalized spacial score (nSPS) is 13.0. The molecule has 0 aliphatic carbocycles. The van der Waals surface area contributed by atoms with E-state index in [0.29, 0.717) is 13.0 Å². The number of carbonyl (C=O) groups excluding carboxylic acids is 2. The zero-order valence-electron chi connectivity index (χ0n) is 12.1. The third kappa shape index (κ3) is 7.78. The van der Waals surface area contributed by atoms with Gasteiger partial charge in [0.1, 0.15) is 0 Å². The molecule has 0 aliphatic heterocycles. The van der Waals surface area contributed by atoms with E-state index in [0.717, 1.165) is 5.56 Å². The molecule has 0 spiro atoms. The first-order chi connectivity index (χ1) is 9.97. The van der Waals surface area contributed by atoms with Crippen molar-refractivity contribution in [1.29, 1.82) is 0 Å². The van der Waals surface area contributed by atoms with Gasteiger partial charge in [0.15, 0.2) is 0 Å². The molecule has 0 unspecified atom stereocenters. The SMILES string of the molecule is C[C@@H](CNC(N)=O)NC(=O)NC[C@@H](N)Cc1ccccc1. The second-order valence-corrected chi connectivity index (χ2v) is 4.95. The Balaban J connectivity index is 2.21. The van der Waals surface area contributed by atoms with E-state index in [-0.39, 0.29) is 24.7 Å². The summed E-state index contributed by atoms with van der Waals surface area (Å²) in [7, 11) is 0. The molecule has 1 aromatic carbocycles. The van der Waals surface area contributed by atoms with Crippen molar-refractivity contribution in [3.63, 3.8) is 0 Å². The number of nitrogens with one attached hydrogen (secondary N) is 3. The van der Waals surface area contributed by atoms with Gasteiger partial charge in [0, 0.05) is 25.2 Å². The molecule has 2 atom stereocenters. The molecule has 0 aromatic heterocycles. The second-order valence-electron chi connectivity index (χ2n) is 4.95. The first kappa shape index (κ1) is 16.8. The molecule has 21 heavy (non-hydrogen) atoms. The number of benzene rings is 1. The minimum absolute atomic E-state index is 0.155. The van der Waals surface area contributed by atoms with Crippen molar-refractivity contribution in [3.8, 4) is 0 Å². The van der Waals surface area contributed by atoms with Crippen LogP contribution in [0.1, 0.15) is 12.5 Å². The van der Waals surface area contributed by atoms with Crippen LogP contribution in [-0.2, 0) is 6.42 Å². The van der Waals surface area contributed by atoms with Crippen LogP contribution in [0, 0.1) is 0 Å². The van der Waals surface area contributed by atoms with Gasteiger partial charge in [-0.25, -0.2) is 9.59 Å². The first-order valence-corrected chi connectivity index (χ1v) is 6.84. The minimum Gasteiger partial charge on any atom is -0.352 e. The summed E-state index contributed by atoms with van der Waals surface area (Å²) in [6, 6.07) is 8.54. The Morgan fingerprint density at radius 1 is 1.14 bits per heavy atom. The van der Waals surface area contributed by atoms with Gasteiger partial charge in [-0.3, -0.25) is 0 Å². The number of amides is 4. The fourth-order valence-electron chi connectivity index (χ4n) is 1.79. The molecule has 0 aliphatic rings. The predicted molar refractivity (Wildman–Crippen MR) is 81.7 cm³/mol. The highest BCUT2D eigenvalue weighted by Crippen LogP contribution is 2.01. The maximum absolute atomic E-state index is 11.6. The van der Waals surface area contributed by atoms with E-state index in [9.17, 15) is 9.59 Å². The minimum atomic E-state index is -0.617. The Bertz CT molecular complexity index is 452. The van der Waals surface area contributed by atoms with E-state index in [2.05, 4.69) is 16.0 Å². The lowest BCUT2D eigenvalue weighted by molar-refractivity contribution is 0.234. The van der Waals surface area contributed by atoms with Crippen molar-refractivity contribution < 1.29 is 9.59 Å². The molecule has 4 amide bonds. The molecule has 1 aromatic rings. The Morgan fingerprint density at radius 3 is 2.43 bits per heavy atom. The molecule has 0 saturated heterocycles. The van der Waals surface area contributed by atoms with E-state index in [1.165, 1.54) is 0 Å². The first-order valence-electron chi connectivity index (χ1n) is 6.84. The highest BCUT2D eigenvalue weighted by molar-refractivity contribution is 5.74. The number of carbonyl (C=O) groups is 2. The molecular weight excluding hydrogens is 270 g/mol. The molecule has 7 nitrogen and oxygen atoms in total. The van der Waals surface area contributed by atoms with Gasteiger partial charge in [0.2, 0.25) is 0 Å². The van der Waals surface area contributed by atoms with Gasteiger partial charge < -0.3 is 27.4 Å². The van der Waals surface area contributed by atoms with Gasteiger partial charge in [-0.15, -0.1) is 0 Å². The largest absolute Gasteiger partial charge is 0.352 e. The van der Waals surface area contributed by atoms with Crippen LogP contribution in [0.25, 0.3) is 0 Å². The van der Waals surface area contributed by atoms with Crippen LogP contribution in [-0.4, -0.2) is 37.2 Å². The highest BCUT2D eigenvalue weighted by Gasteiger charge is 2.09. The molecule has 116 valence electrons. The van der Waals surface area contributed by atoms with Gasteiger partial charge in [-0.1, -0.05) is 30.3 Å². The summed E-state index contributed by atoms with van der Waals surface area (Å²) < 4.78 is 0. The predicted octanol–water partition coefficient (Wildman–Crippen LogP) is -0.0876. The van der Waals surface area contributed by atoms with Crippen molar-refractivity contribution in [2.75, 3.05) is 13.1 Å². The van der Waals surface area contributed by atoms with Crippen LogP contribution in [0.5, 0.6) is 0 Å². The quantitative estimate of drug-likeness (QED) is 0.483. The van der Waals surface area contributed by atoms with Gasteiger partial charge in [-0.2, -0.15) is 0 Å². The Labute approximate surface area is 124 Å². The summed E-state index contributed by atoms with van der Waals surface area (Å²) in [5.41, 5.74) is 12.0. The topological polar surface area (TPSA) is 122 Å². The smallest absolute Gasteiger partial charge is 0.315 e. The van der Waals surface area contributed by atoms with E-state index in [1.807, 2.05) is 30.3 Å². The van der Waals surface area contributed by atoms with Crippen LogP contribution in [0.3, 0.4) is 0 Å². The number of rotatable bonds is 7. The van der Waals surface area contributed by atoms with Crippen LogP contribution < -0.4 is 27.4 Å². The zero-order chi connectivity index (χ0) is 15.7. The standard InChI is InChI=1S/C14H23N5O2/c1-10(8-17-13(16)20)19-14(21)18-9-12(15)7-11-5-3-2-4-6-11/h2-6,10,12H,7-9,15H2,1H3,(H3,16,17,20)(H2,18,19,21)/t10-,12-/m0/s1. The van der Waals surface area contributed by atoms with Crippen LogP contribution in [0.15, 0.2) is 30.3 Å². The summed E-state index contributed by atoms with van der Waals surface area (Å²) in [4.78, 5) is 22.2. The van der Waals surface area contributed by atoms with Crippen LogP contribution in [0.4, 0.5) is 9.59 Å². The molecule has 0 fully saturated rings. The molecule has 0 saturated carbocycles. The molecule has 0 bridgehead atoms. The summed E-state index contributed by atoms with van der Waals surface area (Å²) in [6.07, 6.45) is 0.694. The third-order valence-corrected chi connectivity index (χ3v) is 2.83. The van der Waals surface area contributed by atoms with E-state index in [4.69, 9.17) is 11.5 Å². The average molecular weight is 293 g/mol. The van der Waals surface area contributed by atoms with Crippen molar-refractivity contribution in [1.82, 2.24) is 16.0 Å². The van der Waals surface area contributed by atoms with Gasteiger partial charge >= 0.3 is 12.1 Å². The second kappa shape index (κ2) is 8.80. The molecular formula is C14H23N5O2. The molecule has 1 rings (SSSR count). The van der Waals surface area contributed by atoms with Crippen molar-refractivity contribution >= 4 is 12.1 Å². The average Bonchev–Trinajstić information content (AvgIpc) is 2.44. The summed E-state index contributed by atoms with van der Waals surface area (Å²) in [6.45, 7) is 2.41. The maximum Gasteiger partial charge on any atom is 0.315 e. The molecule has 0 heterocycles. The van der Waals surface area contributed by atoms with Gasteiger partial charge in [-0.05, 0) is 18.9 Å². The number of hydrogen-bond acceptors (Lipinski definition) is 3. The monoisotopic (exact) mass is 293 g/mol. The Hall–Kier alpha value is -2.28. The number of hydrogen-bond donors (Lipinski definition) is 5. The Kier molecular flexibility index (Phi) is 7.03. The van der Waals surface area contributed by atoms with Crippen molar-refractivity contribution in [2.24, 2.45) is 11.5 Å². The van der Waals surface area contributed by atoms with Gasteiger partial charge in [0.25, 0.3) is 0 Å². The lowest BCUT2D eigenvalue weighted by Crippen LogP contribution is -2.49. The van der Waals surface area contributed by atoms with Crippen LogP contribution in [0.2, 0.25) is 0 Å². The fraction of sp³-hybridized carbons (Fsp3) is 0.429. The van der Waals surface area contributed by atoms with Crippen molar-refractivity contribution in [2.45, 2.75) is 25.4 Å². The zero-order valence-corrected chi connectivity index (χ0v) is 12.1. The molecule has 0 radical (unpaired) electrons. The van der Waals surface area contributed by atoms with E-state index < -0.39 is 6.03 Å². The molecule has 7 N–H and O–H groups in total. The van der Waals surface area contributed by atoms with Gasteiger partial charge in [0.05, 0.1) is 0 Å². The van der Waals surface area contributed by atoms with E-state index in [1.54, 1.807) is 6.92 Å². The number of primary amides is 1. The number of nitrogens with two attached hydrogens (primary N) is 2. The maximum atomic E-state index is 11.6. The number of urea groups is 2. The van der Waals surface area contributed by atoms with Crippen molar-refractivity contribution in [3.05, 3.63) is 35.9 Å². The summed E-state index contributed by atoms with van der Waals surface area (Å²) in [5, 5.41) is 7.80. The fourth-order valence-corrected chi connectivity index (χ4v) is 1.79. The third-order valence-electron chi connectivity index (χ3n) is 2.83. The summed E-state index contributed by atoms with van der Waals surface area (Å²) in [5.74, 6) is 0. The Morgan fingerprint density at radius 2 is 1.81 bits per heavy atom. The lowest BCUT2D eigenvalue weighted by Gasteiger charge is -2.17. The summed E-state index contributed by atoms with van der Waals surface area (Å²) >= 11 is 0. The highest BCUT2D eigenvalue weighted by atomic mass is 16.2. The van der Waals surface area contributed by atoms with E-state index >= 15 is 0 Å². The lowest BCUT2D eigenvalue weighted by atomic mass is 10.1. The van der Waals surface area contributed by atoms with Crippen LogP contribution >= 0.6 is 0 Å². The molecule has 7 heteroatoms.